The molecular formula is C23H25N3O5. The van der Waals surface area contributed by atoms with Gasteiger partial charge in [0.2, 0.25) is 5.91 Å². The molecule has 162 valence electrons. The molecule has 3 rings (SSSR count). The maximum Gasteiger partial charge on any atom is 0.340 e. The second-order valence-corrected chi connectivity index (χ2v) is 7.16. The topological polar surface area (TPSA) is 105 Å². The van der Waals surface area contributed by atoms with Gasteiger partial charge in [-0.1, -0.05) is 55.8 Å². The van der Waals surface area contributed by atoms with E-state index in [4.69, 9.17) is 4.74 Å². The van der Waals surface area contributed by atoms with Gasteiger partial charge in [-0.3, -0.25) is 14.5 Å². The molecule has 0 bridgehead atoms. The van der Waals surface area contributed by atoms with Gasteiger partial charge in [0.1, 0.15) is 12.1 Å². The molecule has 1 atom stereocenters. The third kappa shape index (κ3) is 4.42. The van der Waals surface area contributed by atoms with Gasteiger partial charge in [-0.25, -0.2) is 9.59 Å². The van der Waals surface area contributed by atoms with E-state index in [1.54, 1.807) is 49.4 Å². The summed E-state index contributed by atoms with van der Waals surface area (Å²) in [6.07, 6.45) is 1.07. The molecule has 2 N–H and O–H groups in total. The molecule has 4 amide bonds. The Morgan fingerprint density at radius 1 is 1.03 bits per heavy atom. The molecule has 1 aliphatic heterocycles. The van der Waals surface area contributed by atoms with Crippen molar-refractivity contribution in [3.05, 3.63) is 65.7 Å². The van der Waals surface area contributed by atoms with E-state index in [-0.39, 0.29) is 17.9 Å². The number of carbonyl (C=O) groups excluding carboxylic acids is 4. The molecule has 0 unspecified atom stereocenters. The molecule has 8 heteroatoms. The number of hydrogen-bond donors (Lipinski definition) is 2. The van der Waals surface area contributed by atoms with Crippen LogP contribution in [-0.2, 0) is 19.9 Å². The van der Waals surface area contributed by atoms with Gasteiger partial charge >= 0.3 is 12.0 Å². The normalized spacial score (nSPS) is 17.9. The lowest BCUT2D eigenvalue weighted by atomic mass is 9.85. The van der Waals surface area contributed by atoms with Crippen LogP contribution in [0.3, 0.4) is 0 Å². The van der Waals surface area contributed by atoms with E-state index in [0.717, 1.165) is 4.90 Å². The van der Waals surface area contributed by atoms with E-state index < -0.39 is 35.9 Å². The maximum atomic E-state index is 13.3. The van der Waals surface area contributed by atoms with Crippen LogP contribution in [0.2, 0.25) is 0 Å². The molecule has 2 aromatic carbocycles. The molecule has 8 nitrogen and oxygen atoms in total. The summed E-state index contributed by atoms with van der Waals surface area (Å²) in [5.41, 5.74) is -0.0814. The largest absolute Gasteiger partial charge is 0.462 e. The smallest absolute Gasteiger partial charge is 0.340 e. The fraction of sp³-hybridized carbons (Fsp3) is 0.304. The molecule has 1 heterocycles. The second kappa shape index (κ2) is 9.42. The van der Waals surface area contributed by atoms with Crippen LogP contribution in [-0.4, -0.2) is 41.9 Å². The Balaban J connectivity index is 1.79. The first kappa shape index (κ1) is 22.0. The molecule has 2 aromatic rings. The summed E-state index contributed by atoms with van der Waals surface area (Å²) in [6.45, 7) is 3.33. The zero-order chi connectivity index (χ0) is 22.4. The number of nitrogens with zero attached hydrogens (tertiary/aromatic N) is 1. The zero-order valence-corrected chi connectivity index (χ0v) is 17.5. The van der Waals surface area contributed by atoms with E-state index in [0.29, 0.717) is 18.4 Å². The fourth-order valence-corrected chi connectivity index (χ4v) is 3.69. The first-order chi connectivity index (χ1) is 14.9. The second-order valence-electron chi connectivity index (χ2n) is 7.16. The summed E-state index contributed by atoms with van der Waals surface area (Å²) in [4.78, 5) is 51.6. The Labute approximate surface area is 180 Å². The van der Waals surface area contributed by atoms with Crippen molar-refractivity contribution in [3.63, 3.8) is 0 Å². The number of hydrogen-bond acceptors (Lipinski definition) is 5. The van der Waals surface area contributed by atoms with Crippen molar-refractivity contribution >= 4 is 29.5 Å². The molecule has 0 spiro atoms. The Hall–Kier alpha value is -3.68. The summed E-state index contributed by atoms with van der Waals surface area (Å²) in [5.74, 6) is -1.64. The Bertz CT molecular complexity index is 992. The summed E-state index contributed by atoms with van der Waals surface area (Å²) >= 11 is 0. The van der Waals surface area contributed by atoms with E-state index in [1.165, 1.54) is 6.07 Å². The van der Waals surface area contributed by atoms with E-state index >= 15 is 0 Å². The van der Waals surface area contributed by atoms with Crippen LogP contribution in [0.5, 0.6) is 0 Å². The lowest BCUT2D eigenvalue weighted by Gasteiger charge is -2.26. The number of benzene rings is 2. The highest BCUT2D eigenvalue weighted by Crippen LogP contribution is 2.33. The quantitative estimate of drug-likeness (QED) is 0.502. The summed E-state index contributed by atoms with van der Waals surface area (Å²) in [6, 6.07) is 14.8. The van der Waals surface area contributed by atoms with Crippen LogP contribution in [0, 0.1) is 0 Å². The van der Waals surface area contributed by atoms with Crippen LogP contribution in [0.25, 0.3) is 0 Å². The van der Waals surface area contributed by atoms with Crippen LogP contribution in [0.1, 0.15) is 42.6 Å². The van der Waals surface area contributed by atoms with Gasteiger partial charge < -0.3 is 15.4 Å². The zero-order valence-electron chi connectivity index (χ0n) is 17.5. The third-order valence-electron chi connectivity index (χ3n) is 5.07. The summed E-state index contributed by atoms with van der Waals surface area (Å²) < 4.78 is 5.00. The number of rotatable bonds is 8. The molecule has 1 saturated heterocycles. The van der Waals surface area contributed by atoms with Crippen LogP contribution in [0.4, 0.5) is 10.5 Å². The number of anilines is 1. The molecule has 0 aliphatic carbocycles. The molecule has 0 saturated carbocycles. The van der Waals surface area contributed by atoms with Crippen molar-refractivity contribution < 1.29 is 23.9 Å². The maximum absolute atomic E-state index is 13.3. The number of nitrogens with one attached hydrogen (secondary N) is 2. The average molecular weight is 423 g/mol. The lowest BCUT2D eigenvalue weighted by molar-refractivity contribution is -0.134. The van der Waals surface area contributed by atoms with Crippen LogP contribution in [0.15, 0.2) is 54.6 Å². The first-order valence-corrected chi connectivity index (χ1v) is 10.2. The van der Waals surface area contributed by atoms with Crippen molar-refractivity contribution in [1.82, 2.24) is 10.2 Å². The third-order valence-corrected chi connectivity index (χ3v) is 5.07. The predicted molar refractivity (Wildman–Crippen MR) is 114 cm³/mol. The number of imide groups is 1. The Kier molecular flexibility index (Phi) is 6.69. The van der Waals surface area contributed by atoms with Gasteiger partial charge in [0.15, 0.2) is 0 Å². The Morgan fingerprint density at radius 2 is 1.71 bits per heavy atom. The minimum atomic E-state index is -1.20. The summed E-state index contributed by atoms with van der Waals surface area (Å²) in [7, 11) is 0. The SMILES string of the molecule is CCC[C@@]1(c2ccccc2)NC(=O)N(CC(=O)Nc2ccccc2C(=O)OCC)C1=O. The predicted octanol–water partition coefficient (Wildman–Crippen LogP) is 3.05. The summed E-state index contributed by atoms with van der Waals surface area (Å²) in [5, 5.41) is 5.39. The highest BCUT2D eigenvalue weighted by atomic mass is 16.5. The fourth-order valence-electron chi connectivity index (χ4n) is 3.69. The minimum Gasteiger partial charge on any atom is -0.462 e. The van der Waals surface area contributed by atoms with Gasteiger partial charge in [-0.15, -0.1) is 0 Å². The molecule has 31 heavy (non-hydrogen) atoms. The van der Waals surface area contributed by atoms with E-state index in [9.17, 15) is 19.2 Å². The standard InChI is InChI=1S/C23H25N3O5/c1-3-14-23(16-10-6-5-7-11-16)21(29)26(22(30)25-23)15-19(27)24-18-13-9-8-12-17(18)20(28)31-4-2/h5-13H,3-4,14-15H2,1-2H3,(H,24,27)(H,25,30)/t23-/m0/s1. The molecular weight excluding hydrogens is 398 g/mol. The van der Waals surface area contributed by atoms with Crippen molar-refractivity contribution in [3.8, 4) is 0 Å². The van der Waals surface area contributed by atoms with Gasteiger partial charge in [0.05, 0.1) is 17.9 Å². The number of esters is 1. The molecule has 1 fully saturated rings. The van der Waals surface area contributed by atoms with Gasteiger partial charge in [0, 0.05) is 0 Å². The molecule has 1 aliphatic rings. The highest BCUT2D eigenvalue weighted by molar-refractivity contribution is 6.11. The number of carbonyl (C=O) groups is 4. The lowest BCUT2D eigenvalue weighted by Crippen LogP contribution is -2.44. The van der Waals surface area contributed by atoms with E-state index in [2.05, 4.69) is 10.6 Å². The number of para-hydroxylation sites is 1. The van der Waals surface area contributed by atoms with Gasteiger partial charge in [-0.05, 0) is 31.0 Å². The van der Waals surface area contributed by atoms with E-state index in [1.807, 2.05) is 13.0 Å². The van der Waals surface area contributed by atoms with Gasteiger partial charge in [0.25, 0.3) is 5.91 Å². The average Bonchev–Trinajstić information content (AvgIpc) is 3.00. The number of amides is 4. The first-order valence-electron chi connectivity index (χ1n) is 10.2. The number of urea groups is 1. The van der Waals surface area contributed by atoms with Crippen molar-refractivity contribution in [1.29, 1.82) is 0 Å². The molecule has 0 radical (unpaired) electrons. The van der Waals surface area contributed by atoms with Crippen LogP contribution >= 0.6 is 0 Å². The van der Waals surface area contributed by atoms with Crippen molar-refractivity contribution in [2.24, 2.45) is 0 Å². The Morgan fingerprint density at radius 3 is 2.39 bits per heavy atom. The highest BCUT2D eigenvalue weighted by Gasteiger charge is 2.52. The number of ether oxygens (including phenoxy) is 1. The molecule has 0 aromatic heterocycles. The van der Waals surface area contributed by atoms with Crippen molar-refractivity contribution in [2.45, 2.75) is 32.2 Å². The van der Waals surface area contributed by atoms with Crippen LogP contribution < -0.4 is 10.6 Å². The monoisotopic (exact) mass is 423 g/mol. The van der Waals surface area contributed by atoms with Gasteiger partial charge in [-0.2, -0.15) is 0 Å². The van der Waals surface area contributed by atoms with Crippen molar-refractivity contribution in [2.75, 3.05) is 18.5 Å². The minimum absolute atomic E-state index is 0.194.